The van der Waals surface area contributed by atoms with Gasteiger partial charge < -0.3 is 0 Å². The molecule has 0 saturated heterocycles. The number of rotatable bonds is 6. The summed E-state index contributed by atoms with van der Waals surface area (Å²) in [6.45, 7) is 5.56. The SMILES string of the molecule is C=CCCC1CCC(C(F)=C(F)c2ccc3c(F)c(/C=C/C)ccc3c2)CC1. The average molecular weight is 384 g/mol. The molecule has 0 nitrogen and oxygen atoms in total. The van der Waals surface area contributed by atoms with Gasteiger partial charge in [0, 0.05) is 22.4 Å². The predicted octanol–water partition coefficient (Wildman–Crippen LogP) is 8.39. The third-order valence-corrected chi connectivity index (χ3v) is 5.78. The van der Waals surface area contributed by atoms with Crippen LogP contribution in [0.5, 0.6) is 0 Å². The first-order valence-electron chi connectivity index (χ1n) is 10.1. The fourth-order valence-corrected chi connectivity index (χ4v) is 4.13. The average Bonchev–Trinajstić information content (AvgIpc) is 2.73. The molecule has 1 saturated carbocycles. The van der Waals surface area contributed by atoms with Crippen LogP contribution in [0.25, 0.3) is 22.7 Å². The summed E-state index contributed by atoms with van der Waals surface area (Å²) in [5.74, 6) is -1.59. The molecule has 1 fully saturated rings. The van der Waals surface area contributed by atoms with Crippen LogP contribution in [0.4, 0.5) is 13.2 Å². The Kier molecular flexibility index (Phi) is 6.77. The summed E-state index contributed by atoms with van der Waals surface area (Å²) >= 11 is 0. The van der Waals surface area contributed by atoms with Crippen LogP contribution in [0.1, 0.15) is 56.6 Å². The molecule has 1 aliphatic rings. The van der Waals surface area contributed by atoms with E-state index in [9.17, 15) is 13.2 Å². The monoisotopic (exact) mass is 384 g/mol. The molecule has 0 aliphatic heterocycles. The minimum absolute atomic E-state index is 0.178. The largest absolute Gasteiger partial charge is 0.208 e. The maximum absolute atomic E-state index is 14.8. The van der Waals surface area contributed by atoms with Crippen molar-refractivity contribution in [1.82, 2.24) is 0 Å². The molecule has 0 aromatic heterocycles. The van der Waals surface area contributed by atoms with Crippen molar-refractivity contribution >= 4 is 22.7 Å². The van der Waals surface area contributed by atoms with E-state index in [0.29, 0.717) is 35.1 Å². The second kappa shape index (κ2) is 9.27. The van der Waals surface area contributed by atoms with Gasteiger partial charge in [0.2, 0.25) is 0 Å². The van der Waals surface area contributed by atoms with E-state index < -0.39 is 11.7 Å². The van der Waals surface area contributed by atoms with E-state index in [4.69, 9.17) is 0 Å². The molecule has 28 heavy (non-hydrogen) atoms. The van der Waals surface area contributed by atoms with Crippen LogP contribution >= 0.6 is 0 Å². The Bertz CT molecular complexity index is 899. The molecule has 0 spiro atoms. The lowest BCUT2D eigenvalue weighted by Crippen LogP contribution is -2.15. The van der Waals surface area contributed by atoms with Gasteiger partial charge in [-0.2, -0.15) is 0 Å². The number of benzene rings is 2. The first-order chi connectivity index (χ1) is 13.5. The lowest BCUT2D eigenvalue weighted by atomic mass is 9.79. The Labute approximate surface area is 165 Å². The molecular formula is C25H27F3. The van der Waals surface area contributed by atoms with Gasteiger partial charge in [0.05, 0.1) is 0 Å². The van der Waals surface area contributed by atoms with Crippen molar-refractivity contribution in [3.05, 3.63) is 71.8 Å². The molecule has 148 valence electrons. The minimum Gasteiger partial charge on any atom is -0.208 e. The van der Waals surface area contributed by atoms with Gasteiger partial charge in [-0.15, -0.1) is 6.58 Å². The maximum atomic E-state index is 14.8. The Morgan fingerprint density at radius 3 is 2.54 bits per heavy atom. The van der Waals surface area contributed by atoms with Gasteiger partial charge in [0.1, 0.15) is 11.6 Å². The van der Waals surface area contributed by atoms with Crippen LogP contribution < -0.4 is 0 Å². The summed E-state index contributed by atoms with van der Waals surface area (Å²) in [5.41, 5.74) is 0.662. The van der Waals surface area contributed by atoms with Gasteiger partial charge >= 0.3 is 0 Å². The lowest BCUT2D eigenvalue weighted by molar-refractivity contribution is 0.263. The molecule has 0 unspecified atom stereocenters. The first kappa shape index (κ1) is 20.4. The molecule has 0 bridgehead atoms. The number of hydrogen-bond donors (Lipinski definition) is 0. The highest BCUT2D eigenvalue weighted by Gasteiger charge is 2.26. The van der Waals surface area contributed by atoms with E-state index >= 15 is 0 Å². The standard InChI is InChI=1S/C25H27F3/c1-3-5-7-17-8-10-19(11-9-17)24(27)25(28)21-14-15-22-20(16-21)13-12-18(6-4-2)23(22)26/h3-4,6,12-17,19H,1,5,7-11H2,2H3/b6-4+,25-24?. The second-order valence-electron chi connectivity index (χ2n) is 7.65. The molecule has 0 atom stereocenters. The zero-order valence-electron chi connectivity index (χ0n) is 16.4. The zero-order valence-corrected chi connectivity index (χ0v) is 16.4. The molecular weight excluding hydrogens is 357 g/mol. The molecule has 0 N–H and O–H groups in total. The highest BCUT2D eigenvalue weighted by Crippen LogP contribution is 2.39. The van der Waals surface area contributed by atoms with E-state index in [-0.39, 0.29) is 17.3 Å². The Morgan fingerprint density at radius 1 is 1.11 bits per heavy atom. The second-order valence-corrected chi connectivity index (χ2v) is 7.65. The third-order valence-electron chi connectivity index (χ3n) is 5.78. The fraction of sp³-hybridized carbons (Fsp3) is 0.360. The highest BCUT2D eigenvalue weighted by molar-refractivity contribution is 5.88. The van der Waals surface area contributed by atoms with Gasteiger partial charge in [-0.1, -0.05) is 42.5 Å². The minimum atomic E-state index is -0.811. The van der Waals surface area contributed by atoms with Gasteiger partial charge in [-0.25, -0.2) is 13.2 Å². The predicted molar refractivity (Wildman–Crippen MR) is 113 cm³/mol. The van der Waals surface area contributed by atoms with E-state index in [1.165, 1.54) is 18.2 Å². The molecule has 0 amide bonds. The van der Waals surface area contributed by atoms with E-state index in [1.54, 1.807) is 24.3 Å². The van der Waals surface area contributed by atoms with Crippen molar-refractivity contribution in [1.29, 1.82) is 0 Å². The summed E-state index contributed by atoms with van der Waals surface area (Å²) < 4.78 is 44.2. The number of fused-ring (bicyclic) bond motifs is 1. The van der Waals surface area contributed by atoms with E-state index in [2.05, 4.69) is 6.58 Å². The van der Waals surface area contributed by atoms with Crippen molar-refractivity contribution in [2.75, 3.05) is 0 Å². The zero-order chi connectivity index (χ0) is 20.1. The summed E-state index contributed by atoms with van der Waals surface area (Å²) in [6, 6.07) is 7.93. The van der Waals surface area contributed by atoms with Gasteiger partial charge in [0.15, 0.2) is 5.83 Å². The molecule has 2 aromatic carbocycles. The van der Waals surface area contributed by atoms with Crippen LogP contribution in [-0.2, 0) is 0 Å². The van der Waals surface area contributed by atoms with Gasteiger partial charge in [-0.3, -0.25) is 0 Å². The van der Waals surface area contributed by atoms with Crippen molar-refractivity contribution < 1.29 is 13.2 Å². The molecule has 2 aromatic rings. The van der Waals surface area contributed by atoms with Crippen molar-refractivity contribution in [2.24, 2.45) is 11.8 Å². The van der Waals surface area contributed by atoms with Gasteiger partial charge in [-0.05, 0) is 62.8 Å². The third kappa shape index (κ3) is 4.40. The Hall–Kier alpha value is -2.29. The first-order valence-corrected chi connectivity index (χ1v) is 10.1. The lowest BCUT2D eigenvalue weighted by Gasteiger charge is -2.27. The van der Waals surface area contributed by atoms with Crippen LogP contribution in [-0.4, -0.2) is 0 Å². The fourth-order valence-electron chi connectivity index (χ4n) is 4.13. The summed E-state index contributed by atoms with van der Waals surface area (Å²) in [4.78, 5) is 0. The molecule has 1 aliphatic carbocycles. The molecule has 0 heterocycles. The van der Waals surface area contributed by atoms with Crippen LogP contribution in [0.2, 0.25) is 0 Å². The quantitative estimate of drug-likeness (QED) is 0.439. The normalized spacial score (nSPS) is 21.1. The Balaban J connectivity index is 1.81. The number of allylic oxidation sites excluding steroid dienone is 3. The summed E-state index contributed by atoms with van der Waals surface area (Å²) in [6.07, 6.45) is 10.6. The number of hydrogen-bond acceptors (Lipinski definition) is 0. The molecule has 3 heteroatoms. The maximum Gasteiger partial charge on any atom is 0.162 e. The van der Waals surface area contributed by atoms with E-state index in [0.717, 1.165) is 25.7 Å². The van der Waals surface area contributed by atoms with Crippen LogP contribution in [0.15, 0.2) is 54.9 Å². The van der Waals surface area contributed by atoms with Gasteiger partial charge in [0.25, 0.3) is 0 Å². The smallest absolute Gasteiger partial charge is 0.162 e. The topological polar surface area (TPSA) is 0 Å². The Morgan fingerprint density at radius 2 is 1.86 bits per heavy atom. The highest BCUT2D eigenvalue weighted by atomic mass is 19.2. The molecule has 0 radical (unpaired) electrons. The van der Waals surface area contributed by atoms with Crippen molar-refractivity contribution in [2.45, 2.75) is 45.4 Å². The van der Waals surface area contributed by atoms with Crippen molar-refractivity contribution in [3.63, 3.8) is 0 Å². The summed E-state index contributed by atoms with van der Waals surface area (Å²) in [5, 5.41) is 0.981. The van der Waals surface area contributed by atoms with Crippen LogP contribution in [0.3, 0.4) is 0 Å². The number of halogens is 3. The molecule has 3 rings (SSSR count). The van der Waals surface area contributed by atoms with E-state index in [1.807, 2.05) is 13.0 Å². The summed E-state index contributed by atoms with van der Waals surface area (Å²) in [7, 11) is 0. The van der Waals surface area contributed by atoms with Crippen LogP contribution in [0, 0.1) is 17.7 Å². The van der Waals surface area contributed by atoms with Crippen molar-refractivity contribution in [3.8, 4) is 0 Å².